The van der Waals surface area contributed by atoms with E-state index in [1.54, 1.807) is 12.1 Å². The van der Waals surface area contributed by atoms with Gasteiger partial charge >= 0.3 is 0 Å². The van der Waals surface area contributed by atoms with Crippen LogP contribution in [0.2, 0.25) is 0 Å². The molecule has 0 saturated heterocycles. The molecule has 0 bridgehead atoms. The summed E-state index contributed by atoms with van der Waals surface area (Å²) in [6, 6.07) is 6.96. The second-order valence-corrected chi connectivity index (χ2v) is 5.99. The van der Waals surface area contributed by atoms with Gasteiger partial charge in [-0.1, -0.05) is 25.1 Å². The van der Waals surface area contributed by atoms with Crippen LogP contribution >= 0.6 is 0 Å². The Hall–Kier alpha value is -1.38. The summed E-state index contributed by atoms with van der Waals surface area (Å²) in [4.78, 5) is 14.5. The maximum absolute atomic E-state index is 13.9. The van der Waals surface area contributed by atoms with E-state index in [9.17, 15) is 9.18 Å². The highest BCUT2D eigenvalue weighted by Crippen LogP contribution is 2.44. The molecular weight excluding hydrogens is 241 g/mol. The van der Waals surface area contributed by atoms with Crippen LogP contribution in [0.4, 0.5) is 4.39 Å². The summed E-state index contributed by atoms with van der Waals surface area (Å²) < 4.78 is 13.9. The molecule has 19 heavy (non-hydrogen) atoms. The molecule has 0 N–H and O–H groups in total. The van der Waals surface area contributed by atoms with Gasteiger partial charge in [0, 0.05) is 17.5 Å². The summed E-state index contributed by atoms with van der Waals surface area (Å²) in [5.41, 5.74) is 0.635. The Kier molecular flexibility index (Phi) is 3.08. The molecule has 1 aromatic rings. The number of carbonyl (C=O) groups is 1. The van der Waals surface area contributed by atoms with Crippen molar-refractivity contribution in [2.75, 3.05) is 0 Å². The Morgan fingerprint density at radius 3 is 2.53 bits per heavy atom. The van der Waals surface area contributed by atoms with Crippen LogP contribution in [0.5, 0.6) is 0 Å². The van der Waals surface area contributed by atoms with E-state index in [2.05, 4.69) is 6.92 Å². The third-order valence-corrected chi connectivity index (χ3v) is 4.39. The summed E-state index contributed by atoms with van der Waals surface area (Å²) in [5, 5.41) is 0. The molecule has 3 atom stereocenters. The Morgan fingerprint density at radius 2 is 2.00 bits per heavy atom. The van der Waals surface area contributed by atoms with Crippen molar-refractivity contribution in [1.82, 2.24) is 4.90 Å². The lowest BCUT2D eigenvalue weighted by molar-refractivity contribution is -0.135. The third-order valence-electron chi connectivity index (χ3n) is 4.39. The predicted molar refractivity (Wildman–Crippen MR) is 72.0 cm³/mol. The van der Waals surface area contributed by atoms with Crippen LogP contribution in [0.3, 0.4) is 0 Å². The number of hydrogen-bond donors (Lipinski definition) is 0. The van der Waals surface area contributed by atoms with Crippen LogP contribution in [0.1, 0.15) is 44.7 Å². The highest BCUT2D eigenvalue weighted by Gasteiger charge is 2.46. The molecule has 0 aromatic heterocycles. The van der Waals surface area contributed by atoms with Crippen LogP contribution in [-0.2, 0) is 4.79 Å². The summed E-state index contributed by atoms with van der Waals surface area (Å²) in [5.74, 6) is 0.694. The first-order valence-corrected chi connectivity index (χ1v) is 7.16. The van der Waals surface area contributed by atoms with E-state index in [0.29, 0.717) is 17.5 Å². The van der Waals surface area contributed by atoms with Crippen molar-refractivity contribution in [3.8, 4) is 0 Å². The molecule has 1 amide bonds. The number of carbonyl (C=O) groups excluding carboxylic acids is 1. The molecule has 2 fully saturated rings. The normalized spacial score (nSPS) is 26.9. The maximum Gasteiger partial charge on any atom is 0.226 e. The number of halogens is 1. The fraction of sp³-hybridized carbons (Fsp3) is 0.562. The molecule has 3 unspecified atom stereocenters. The van der Waals surface area contributed by atoms with Gasteiger partial charge in [0.2, 0.25) is 5.91 Å². The fourth-order valence-electron chi connectivity index (χ4n) is 2.86. The van der Waals surface area contributed by atoms with Crippen LogP contribution in [0.25, 0.3) is 0 Å². The number of rotatable bonds is 4. The Morgan fingerprint density at radius 1 is 1.37 bits per heavy atom. The SMILES string of the molecule is CC1CC1C(=O)N(C1CC1)C(C)c1ccccc1F. The Bertz CT molecular complexity index is 497. The van der Waals surface area contributed by atoms with E-state index in [-0.39, 0.29) is 23.7 Å². The molecule has 0 spiro atoms. The van der Waals surface area contributed by atoms with Crippen molar-refractivity contribution >= 4 is 5.91 Å². The molecule has 102 valence electrons. The second kappa shape index (κ2) is 4.62. The molecule has 2 aliphatic rings. The minimum absolute atomic E-state index is 0.158. The van der Waals surface area contributed by atoms with E-state index in [1.807, 2.05) is 17.9 Å². The zero-order chi connectivity index (χ0) is 13.6. The fourth-order valence-corrected chi connectivity index (χ4v) is 2.86. The minimum atomic E-state index is -0.211. The second-order valence-electron chi connectivity index (χ2n) is 5.99. The largest absolute Gasteiger partial charge is 0.333 e. The van der Waals surface area contributed by atoms with Crippen LogP contribution in [0.15, 0.2) is 24.3 Å². The topological polar surface area (TPSA) is 20.3 Å². The first-order chi connectivity index (χ1) is 9.09. The van der Waals surface area contributed by atoms with Crippen LogP contribution in [-0.4, -0.2) is 16.8 Å². The summed E-state index contributed by atoms with van der Waals surface area (Å²) in [7, 11) is 0. The average molecular weight is 261 g/mol. The van der Waals surface area contributed by atoms with Gasteiger partial charge in [-0.25, -0.2) is 4.39 Å². The van der Waals surface area contributed by atoms with Gasteiger partial charge in [0.25, 0.3) is 0 Å². The van der Waals surface area contributed by atoms with Gasteiger partial charge in [0.1, 0.15) is 5.82 Å². The Balaban J connectivity index is 1.84. The number of nitrogens with zero attached hydrogens (tertiary/aromatic N) is 1. The van der Waals surface area contributed by atoms with Gasteiger partial charge in [-0.15, -0.1) is 0 Å². The molecule has 2 saturated carbocycles. The molecule has 0 radical (unpaired) electrons. The van der Waals surface area contributed by atoms with Gasteiger partial charge < -0.3 is 4.90 Å². The van der Waals surface area contributed by atoms with Gasteiger partial charge in [-0.2, -0.15) is 0 Å². The molecule has 3 heteroatoms. The van der Waals surface area contributed by atoms with Crippen molar-refractivity contribution in [3.63, 3.8) is 0 Å². The molecule has 3 rings (SSSR count). The molecule has 2 nitrogen and oxygen atoms in total. The highest BCUT2D eigenvalue weighted by atomic mass is 19.1. The van der Waals surface area contributed by atoms with Crippen molar-refractivity contribution in [2.45, 2.75) is 45.2 Å². The third kappa shape index (κ3) is 2.38. The first kappa shape index (κ1) is 12.6. The van der Waals surface area contributed by atoms with Crippen molar-refractivity contribution in [2.24, 2.45) is 11.8 Å². The smallest absolute Gasteiger partial charge is 0.226 e. The molecule has 1 aromatic carbocycles. The number of benzene rings is 1. The zero-order valence-electron chi connectivity index (χ0n) is 11.5. The molecule has 0 heterocycles. The maximum atomic E-state index is 13.9. The molecule has 0 aliphatic heterocycles. The molecule has 2 aliphatic carbocycles. The summed E-state index contributed by atoms with van der Waals surface area (Å²) in [6.45, 7) is 4.06. The zero-order valence-corrected chi connectivity index (χ0v) is 11.5. The first-order valence-electron chi connectivity index (χ1n) is 7.16. The average Bonchev–Trinajstić information content (AvgIpc) is 3.27. The van der Waals surface area contributed by atoms with Gasteiger partial charge in [0.05, 0.1) is 6.04 Å². The quantitative estimate of drug-likeness (QED) is 0.812. The predicted octanol–water partition coefficient (Wildman–Crippen LogP) is 3.53. The lowest BCUT2D eigenvalue weighted by Gasteiger charge is -2.30. The van der Waals surface area contributed by atoms with Crippen LogP contribution < -0.4 is 0 Å². The summed E-state index contributed by atoms with van der Waals surface area (Å²) in [6.07, 6.45) is 3.11. The van der Waals surface area contributed by atoms with Gasteiger partial charge in [-0.3, -0.25) is 4.79 Å². The van der Waals surface area contributed by atoms with E-state index in [4.69, 9.17) is 0 Å². The van der Waals surface area contributed by atoms with E-state index < -0.39 is 0 Å². The van der Waals surface area contributed by atoms with Crippen molar-refractivity contribution < 1.29 is 9.18 Å². The monoisotopic (exact) mass is 261 g/mol. The van der Waals surface area contributed by atoms with Crippen molar-refractivity contribution in [3.05, 3.63) is 35.6 Å². The van der Waals surface area contributed by atoms with Crippen LogP contribution in [0, 0.1) is 17.7 Å². The lowest BCUT2D eigenvalue weighted by atomic mass is 10.1. The van der Waals surface area contributed by atoms with E-state index >= 15 is 0 Å². The highest BCUT2D eigenvalue weighted by molar-refractivity contribution is 5.82. The minimum Gasteiger partial charge on any atom is -0.333 e. The van der Waals surface area contributed by atoms with E-state index in [1.165, 1.54) is 6.07 Å². The van der Waals surface area contributed by atoms with Gasteiger partial charge in [0.15, 0.2) is 0 Å². The number of hydrogen-bond acceptors (Lipinski definition) is 1. The molecular formula is C16H20FNO. The summed E-state index contributed by atoms with van der Waals surface area (Å²) >= 11 is 0. The lowest BCUT2D eigenvalue weighted by Crippen LogP contribution is -2.37. The van der Waals surface area contributed by atoms with Gasteiger partial charge in [-0.05, 0) is 38.2 Å². The van der Waals surface area contributed by atoms with E-state index in [0.717, 1.165) is 19.3 Å². The number of amides is 1. The Labute approximate surface area is 113 Å². The standard InChI is InChI=1S/C16H20FNO/c1-10-9-14(10)16(19)18(12-7-8-12)11(2)13-5-3-4-6-15(13)17/h3-6,10-12,14H,7-9H2,1-2H3. The van der Waals surface area contributed by atoms with Crippen molar-refractivity contribution in [1.29, 1.82) is 0 Å².